The zero-order chi connectivity index (χ0) is 28.1. The van der Waals surface area contributed by atoms with Gasteiger partial charge in [0.05, 0.1) is 17.3 Å². The second-order valence-corrected chi connectivity index (χ2v) is 10.2. The first-order chi connectivity index (χ1) is 19.3. The van der Waals surface area contributed by atoms with E-state index in [1.165, 1.54) is 35.2 Å². The summed E-state index contributed by atoms with van der Waals surface area (Å²) in [6.07, 6.45) is 0.733. The van der Waals surface area contributed by atoms with E-state index >= 15 is 4.39 Å². The molecular formula is C28H25F2N5O5. The highest BCUT2D eigenvalue weighted by Crippen LogP contribution is 2.47. The fraction of sp³-hybridized carbons (Fsp3) is 0.321. The molecule has 4 heterocycles. The molecule has 6 rings (SSSR count). The number of ketones is 1. The highest BCUT2D eigenvalue weighted by atomic mass is 19.2. The summed E-state index contributed by atoms with van der Waals surface area (Å²) < 4.78 is 31.1. The SMILES string of the molecule is O=C1c2cccnc2[C@@H](C2CC(n3c(=O)[nH]c4ncccc43)C[C@H](c3cccc(F)c3F)N2C(=O)O)CCC1O. The Bertz CT molecular complexity index is 1690. The van der Waals surface area contributed by atoms with Gasteiger partial charge in [0.25, 0.3) is 0 Å². The molecule has 0 saturated carbocycles. The van der Waals surface area contributed by atoms with Crippen LogP contribution in [0.25, 0.3) is 11.2 Å². The second-order valence-electron chi connectivity index (χ2n) is 10.2. The highest BCUT2D eigenvalue weighted by molar-refractivity contribution is 6.00. The number of carboxylic acid groups (broad SMARTS) is 1. The van der Waals surface area contributed by atoms with Gasteiger partial charge in [-0.05, 0) is 56.0 Å². The van der Waals surface area contributed by atoms with Crippen LogP contribution in [-0.4, -0.2) is 58.7 Å². The molecule has 3 N–H and O–H groups in total. The zero-order valence-corrected chi connectivity index (χ0v) is 21.1. The fourth-order valence-corrected chi connectivity index (χ4v) is 6.39. The van der Waals surface area contributed by atoms with Gasteiger partial charge < -0.3 is 10.2 Å². The number of aliphatic hydroxyl groups excluding tert-OH is 1. The van der Waals surface area contributed by atoms with Crippen LogP contribution >= 0.6 is 0 Å². The van der Waals surface area contributed by atoms with Crippen LogP contribution in [0.4, 0.5) is 13.6 Å². The Labute approximate surface area is 225 Å². The van der Waals surface area contributed by atoms with E-state index in [9.17, 15) is 29.0 Å². The number of halogens is 2. The van der Waals surface area contributed by atoms with Crippen LogP contribution in [0, 0.1) is 11.6 Å². The lowest BCUT2D eigenvalue weighted by Gasteiger charge is -2.47. The molecule has 0 spiro atoms. The Kier molecular flexibility index (Phi) is 6.41. The topological polar surface area (TPSA) is 141 Å². The fourth-order valence-electron chi connectivity index (χ4n) is 6.39. The van der Waals surface area contributed by atoms with E-state index in [2.05, 4.69) is 15.0 Å². The number of fused-ring (bicyclic) bond motifs is 2. The minimum absolute atomic E-state index is 0.0196. The average molecular weight is 550 g/mol. The van der Waals surface area contributed by atoms with Crippen molar-refractivity contribution in [2.24, 2.45) is 0 Å². The third-order valence-corrected chi connectivity index (χ3v) is 8.09. The van der Waals surface area contributed by atoms with Gasteiger partial charge in [-0.25, -0.2) is 23.4 Å². The first-order valence-corrected chi connectivity index (χ1v) is 12.9. The van der Waals surface area contributed by atoms with Crippen LogP contribution < -0.4 is 5.69 Å². The van der Waals surface area contributed by atoms with Crippen LogP contribution in [0.2, 0.25) is 0 Å². The summed E-state index contributed by atoms with van der Waals surface area (Å²) in [7, 11) is 0. The van der Waals surface area contributed by atoms with Crippen molar-refractivity contribution < 1.29 is 28.6 Å². The predicted molar refractivity (Wildman–Crippen MR) is 138 cm³/mol. The number of aromatic nitrogens is 4. The van der Waals surface area contributed by atoms with Gasteiger partial charge in [-0.2, -0.15) is 0 Å². The van der Waals surface area contributed by atoms with E-state index in [1.54, 1.807) is 18.2 Å². The first kappa shape index (κ1) is 25.8. The summed E-state index contributed by atoms with van der Waals surface area (Å²) in [5.74, 6) is -3.47. The van der Waals surface area contributed by atoms with Crippen molar-refractivity contribution in [2.75, 3.05) is 0 Å². The zero-order valence-electron chi connectivity index (χ0n) is 21.1. The Morgan fingerprint density at radius 1 is 1.00 bits per heavy atom. The predicted octanol–water partition coefficient (Wildman–Crippen LogP) is 3.94. The number of carbonyl (C=O) groups excluding carboxylic acids is 1. The number of amides is 1. The second kappa shape index (κ2) is 9.94. The molecule has 206 valence electrons. The summed E-state index contributed by atoms with van der Waals surface area (Å²) in [5.41, 5.74) is 0.718. The molecule has 1 amide bonds. The number of likely N-dealkylation sites (tertiary alicyclic amines) is 1. The van der Waals surface area contributed by atoms with E-state index in [0.29, 0.717) is 16.9 Å². The van der Waals surface area contributed by atoms with E-state index in [1.807, 2.05) is 0 Å². The molecular weight excluding hydrogens is 524 g/mol. The summed E-state index contributed by atoms with van der Waals surface area (Å²) >= 11 is 0. The van der Waals surface area contributed by atoms with Gasteiger partial charge in [-0.15, -0.1) is 0 Å². The number of pyridine rings is 2. The molecule has 2 aliphatic rings. The summed E-state index contributed by atoms with van der Waals surface area (Å²) in [6, 6.07) is 7.37. The number of aromatic amines is 1. The number of piperidine rings is 1. The number of nitrogens with zero attached hydrogens (tertiary/aromatic N) is 4. The number of rotatable bonds is 3. The lowest BCUT2D eigenvalue weighted by molar-refractivity contribution is 0.0362. The van der Waals surface area contributed by atoms with E-state index in [0.717, 1.165) is 11.0 Å². The van der Waals surface area contributed by atoms with Crippen molar-refractivity contribution in [3.63, 3.8) is 0 Å². The lowest BCUT2D eigenvalue weighted by atomic mass is 9.78. The number of benzene rings is 1. The van der Waals surface area contributed by atoms with Crippen molar-refractivity contribution in [3.8, 4) is 0 Å². The molecule has 0 radical (unpaired) electrons. The first-order valence-electron chi connectivity index (χ1n) is 12.9. The average Bonchev–Trinajstić information content (AvgIpc) is 3.23. The largest absolute Gasteiger partial charge is 0.465 e. The molecule has 1 aromatic carbocycles. The molecule has 10 nitrogen and oxygen atoms in total. The molecule has 1 fully saturated rings. The number of Topliss-reactive ketones (excluding diaryl/α,β-unsaturated/α-hetero) is 1. The standard InChI is InChI=1S/C28H25F2N5O5/c29-18-6-1-4-15(23(18)30)20-12-14(34-19-7-3-11-32-26(19)33-27(34)38)13-21(35(20)28(39)40)16-8-9-22(36)25(37)17-5-2-10-31-24(16)17/h1-7,10-11,14,16,20-22,36H,8-9,12-13H2,(H,39,40)(H,32,33,38)/t14?,16-,20-,21?,22?/m1/s1. The third kappa shape index (κ3) is 4.15. The third-order valence-electron chi connectivity index (χ3n) is 8.09. The molecule has 1 aliphatic carbocycles. The Morgan fingerprint density at radius 3 is 2.58 bits per heavy atom. The number of nitrogens with one attached hydrogen (secondary N) is 1. The van der Waals surface area contributed by atoms with E-state index < -0.39 is 59.3 Å². The summed E-state index contributed by atoms with van der Waals surface area (Å²) in [6.45, 7) is 0. The van der Waals surface area contributed by atoms with Gasteiger partial charge in [0.2, 0.25) is 0 Å². The van der Waals surface area contributed by atoms with Crippen molar-refractivity contribution >= 4 is 23.0 Å². The minimum atomic E-state index is -1.36. The van der Waals surface area contributed by atoms with E-state index in [-0.39, 0.29) is 36.8 Å². The molecule has 1 saturated heterocycles. The molecule has 40 heavy (non-hydrogen) atoms. The maximum absolute atomic E-state index is 15.2. The van der Waals surface area contributed by atoms with Gasteiger partial charge in [-0.3, -0.25) is 24.2 Å². The minimum Gasteiger partial charge on any atom is -0.465 e. The Morgan fingerprint density at radius 2 is 1.77 bits per heavy atom. The quantitative estimate of drug-likeness (QED) is 0.329. The lowest BCUT2D eigenvalue weighted by Crippen LogP contribution is -2.51. The van der Waals surface area contributed by atoms with Crippen LogP contribution in [0.5, 0.6) is 0 Å². The molecule has 4 aromatic rings. The molecule has 0 bridgehead atoms. The van der Waals surface area contributed by atoms with Crippen LogP contribution in [-0.2, 0) is 0 Å². The van der Waals surface area contributed by atoms with E-state index in [4.69, 9.17) is 0 Å². The maximum Gasteiger partial charge on any atom is 0.408 e. The van der Waals surface area contributed by atoms with Gasteiger partial charge in [-0.1, -0.05) is 12.1 Å². The van der Waals surface area contributed by atoms with Crippen LogP contribution in [0.1, 0.15) is 65.3 Å². The molecule has 5 atom stereocenters. The Balaban J connectivity index is 1.55. The Hall–Kier alpha value is -4.45. The van der Waals surface area contributed by atoms with Crippen LogP contribution in [0.15, 0.2) is 59.7 Å². The number of carbonyl (C=O) groups is 2. The number of aliphatic hydroxyl groups is 1. The summed E-state index contributed by atoms with van der Waals surface area (Å²) in [4.78, 5) is 51.4. The number of H-pyrrole nitrogens is 1. The number of imidazole rings is 1. The van der Waals surface area contributed by atoms with Crippen molar-refractivity contribution in [3.05, 3.63) is 93.8 Å². The highest BCUT2D eigenvalue weighted by Gasteiger charge is 2.47. The number of hydrogen-bond donors (Lipinski definition) is 3. The molecule has 1 aliphatic heterocycles. The van der Waals surface area contributed by atoms with Crippen molar-refractivity contribution in [1.82, 2.24) is 24.4 Å². The van der Waals surface area contributed by atoms with Crippen molar-refractivity contribution in [1.29, 1.82) is 0 Å². The number of hydrogen-bond acceptors (Lipinski definition) is 6. The molecule has 3 aromatic heterocycles. The van der Waals surface area contributed by atoms with Gasteiger partial charge in [0.15, 0.2) is 23.1 Å². The van der Waals surface area contributed by atoms with Crippen LogP contribution in [0.3, 0.4) is 0 Å². The van der Waals surface area contributed by atoms with Gasteiger partial charge in [0.1, 0.15) is 6.10 Å². The monoisotopic (exact) mass is 549 g/mol. The maximum atomic E-state index is 15.2. The smallest absolute Gasteiger partial charge is 0.408 e. The van der Waals surface area contributed by atoms with Gasteiger partial charge in [0, 0.05) is 41.5 Å². The molecule has 12 heteroatoms. The van der Waals surface area contributed by atoms with Crippen molar-refractivity contribution in [2.45, 2.75) is 55.8 Å². The normalized spacial score (nSPS) is 25.0. The summed E-state index contributed by atoms with van der Waals surface area (Å²) in [5, 5.41) is 21.0. The molecule has 3 unspecified atom stereocenters. The van der Waals surface area contributed by atoms with Gasteiger partial charge >= 0.3 is 11.8 Å².